The predicted molar refractivity (Wildman–Crippen MR) is 70.2 cm³/mol. The van der Waals surface area contributed by atoms with Crippen LogP contribution in [0.2, 0.25) is 8.87 Å². The third-order valence-electron chi connectivity index (χ3n) is 3.60. The standard InChI is InChI=1S/C5H9O.2C4H9.Sn.H/c1-2-4-6-5-3-1;2*1-3-4-2;;/h4H,1-3,5H2;2*1,3-4H2,2H3;;. The fourth-order valence-corrected chi connectivity index (χ4v) is 14.0. The van der Waals surface area contributed by atoms with Crippen LogP contribution in [0.1, 0.15) is 58.8 Å². The van der Waals surface area contributed by atoms with E-state index in [1.165, 1.54) is 44.9 Å². The summed E-state index contributed by atoms with van der Waals surface area (Å²) in [6, 6.07) is 0. The normalized spacial score (nSPS) is 22.2. The predicted octanol–water partition coefficient (Wildman–Crippen LogP) is 3.92. The van der Waals surface area contributed by atoms with E-state index in [9.17, 15) is 0 Å². The number of hydrogen-bond acceptors (Lipinski definition) is 1. The van der Waals surface area contributed by atoms with Gasteiger partial charge in [0, 0.05) is 0 Å². The zero-order valence-corrected chi connectivity index (χ0v) is 13.9. The van der Waals surface area contributed by atoms with E-state index in [4.69, 9.17) is 4.74 Å². The summed E-state index contributed by atoms with van der Waals surface area (Å²) in [5.41, 5.74) is 0. The van der Waals surface area contributed by atoms with Crippen molar-refractivity contribution < 1.29 is 4.74 Å². The molecule has 0 bridgehead atoms. The fourth-order valence-electron chi connectivity index (χ4n) is 2.59. The minimum atomic E-state index is -1.30. The Bertz CT molecular complexity index is 135. The third kappa shape index (κ3) is 5.58. The summed E-state index contributed by atoms with van der Waals surface area (Å²) in [6.07, 6.45) is 9.88. The average molecular weight is 319 g/mol. The Kier molecular flexibility index (Phi) is 8.16. The molecule has 1 fully saturated rings. The van der Waals surface area contributed by atoms with Crippen LogP contribution in [0, 0.1) is 0 Å². The first kappa shape index (κ1) is 13.8. The SMILES string of the molecule is CCC[CH2][SnH]([CH2]CCC)[CH]1CCCCO1. The van der Waals surface area contributed by atoms with Crippen LogP contribution >= 0.6 is 0 Å². The molecule has 0 aliphatic carbocycles. The van der Waals surface area contributed by atoms with Crippen molar-refractivity contribution in [3.8, 4) is 0 Å². The molecule has 15 heavy (non-hydrogen) atoms. The van der Waals surface area contributed by atoms with E-state index in [-0.39, 0.29) is 0 Å². The number of hydrogen-bond donors (Lipinski definition) is 0. The molecule has 0 aromatic rings. The second-order valence-electron chi connectivity index (χ2n) is 4.95. The van der Waals surface area contributed by atoms with E-state index in [0.717, 1.165) is 10.7 Å². The monoisotopic (exact) mass is 320 g/mol. The van der Waals surface area contributed by atoms with Gasteiger partial charge in [-0.3, -0.25) is 0 Å². The molecule has 1 unspecified atom stereocenters. The van der Waals surface area contributed by atoms with Gasteiger partial charge in [0.15, 0.2) is 0 Å². The number of unbranched alkanes of at least 4 members (excludes halogenated alkanes) is 2. The molecule has 0 radical (unpaired) electrons. The molecule has 2 heteroatoms. The molecule has 0 N–H and O–H groups in total. The van der Waals surface area contributed by atoms with Gasteiger partial charge in [-0.25, -0.2) is 0 Å². The van der Waals surface area contributed by atoms with E-state index in [1.807, 2.05) is 0 Å². The van der Waals surface area contributed by atoms with Gasteiger partial charge in [-0.05, 0) is 0 Å². The van der Waals surface area contributed by atoms with Gasteiger partial charge in [0.1, 0.15) is 0 Å². The van der Waals surface area contributed by atoms with Crippen LogP contribution in [-0.2, 0) is 4.74 Å². The van der Waals surface area contributed by atoms with Crippen LogP contribution in [0.15, 0.2) is 0 Å². The summed E-state index contributed by atoms with van der Waals surface area (Å²) < 4.78 is 10.0. The van der Waals surface area contributed by atoms with Crippen LogP contribution in [0.5, 0.6) is 0 Å². The molecule has 0 aromatic carbocycles. The molecule has 1 aliphatic heterocycles. The maximum absolute atomic E-state index is 6.03. The molecule has 1 aliphatic rings. The summed E-state index contributed by atoms with van der Waals surface area (Å²) in [4.78, 5) is 0. The van der Waals surface area contributed by atoms with Gasteiger partial charge in [-0.15, -0.1) is 0 Å². The zero-order chi connectivity index (χ0) is 10.9. The van der Waals surface area contributed by atoms with Gasteiger partial charge in [-0.2, -0.15) is 0 Å². The Labute approximate surface area is 103 Å². The van der Waals surface area contributed by atoms with E-state index >= 15 is 0 Å². The Hall–Kier alpha value is 0.759. The van der Waals surface area contributed by atoms with Crippen LogP contribution < -0.4 is 0 Å². The van der Waals surface area contributed by atoms with Crippen molar-refractivity contribution in [3.05, 3.63) is 0 Å². The van der Waals surface area contributed by atoms with Gasteiger partial charge in [-0.1, -0.05) is 0 Å². The average Bonchev–Trinajstić information content (AvgIpc) is 2.30. The first-order chi connectivity index (χ1) is 7.38. The van der Waals surface area contributed by atoms with E-state index in [2.05, 4.69) is 13.8 Å². The second-order valence-corrected chi connectivity index (χ2v) is 14.7. The van der Waals surface area contributed by atoms with Crippen molar-refractivity contribution in [3.63, 3.8) is 0 Å². The van der Waals surface area contributed by atoms with Crippen molar-refractivity contribution >= 4 is 19.8 Å². The molecular weight excluding hydrogens is 291 g/mol. The molecule has 1 heterocycles. The van der Waals surface area contributed by atoms with E-state index < -0.39 is 19.8 Å². The molecule has 0 amide bonds. The second kappa shape index (κ2) is 8.86. The summed E-state index contributed by atoms with van der Waals surface area (Å²) in [7, 11) is 0. The van der Waals surface area contributed by atoms with Gasteiger partial charge in [0.05, 0.1) is 0 Å². The Morgan fingerprint density at radius 3 is 2.20 bits per heavy atom. The van der Waals surface area contributed by atoms with Gasteiger partial charge in [0.25, 0.3) is 0 Å². The van der Waals surface area contributed by atoms with Gasteiger partial charge in [0.2, 0.25) is 0 Å². The third-order valence-corrected chi connectivity index (χ3v) is 14.7. The van der Waals surface area contributed by atoms with Crippen LogP contribution in [-0.4, -0.2) is 30.5 Å². The van der Waals surface area contributed by atoms with Gasteiger partial charge < -0.3 is 0 Å². The summed E-state index contributed by atoms with van der Waals surface area (Å²) in [6.45, 7) is 5.71. The minimum absolute atomic E-state index is 0.804. The molecule has 1 atom stereocenters. The molecule has 90 valence electrons. The van der Waals surface area contributed by atoms with Crippen LogP contribution in [0.3, 0.4) is 0 Å². The maximum atomic E-state index is 6.03. The van der Waals surface area contributed by atoms with Crippen molar-refractivity contribution in [1.82, 2.24) is 0 Å². The molecule has 0 spiro atoms. The Balaban J connectivity index is 2.30. The molecule has 1 rings (SSSR count). The van der Waals surface area contributed by atoms with E-state index in [0.29, 0.717) is 0 Å². The number of ether oxygens (including phenoxy) is 1. The van der Waals surface area contributed by atoms with E-state index in [1.54, 1.807) is 8.87 Å². The van der Waals surface area contributed by atoms with Gasteiger partial charge >= 0.3 is 103 Å². The summed E-state index contributed by atoms with van der Waals surface area (Å²) in [5, 5.41) is 0. The van der Waals surface area contributed by atoms with Crippen molar-refractivity contribution in [2.24, 2.45) is 0 Å². The topological polar surface area (TPSA) is 9.23 Å². The number of rotatable bonds is 7. The van der Waals surface area contributed by atoms with Crippen LogP contribution in [0.4, 0.5) is 0 Å². The summed E-state index contributed by atoms with van der Waals surface area (Å²) in [5.74, 6) is 0. The first-order valence-electron chi connectivity index (χ1n) is 7.00. The zero-order valence-electron chi connectivity index (χ0n) is 10.6. The molecule has 1 saturated heterocycles. The van der Waals surface area contributed by atoms with Crippen molar-refractivity contribution in [1.29, 1.82) is 0 Å². The fraction of sp³-hybridized carbons (Fsp3) is 1.00. The van der Waals surface area contributed by atoms with Crippen LogP contribution in [0.25, 0.3) is 0 Å². The quantitative estimate of drug-likeness (QED) is 0.646. The Morgan fingerprint density at radius 1 is 1.07 bits per heavy atom. The summed E-state index contributed by atoms with van der Waals surface area (Å²) >= 11 is -1.30. The molecule has 0 saturated carbocycles. The molecule has 1 nitrogen and oxygen atoms in total. The van der Waals surface area contributed by atoms with Crippen molar-refractivity contribution in [2.75, 3.05) is 6.61 Å². The first-order valence-corrected chi connectivity index (χ1v) is 13.6. The molecular formula is C13H28OSn. The Morgan fingerprint density at radius 2 is 1.73 bits per heavy atom. The van der Waals surface area contributed by atoms with Crippen molar-refractivity contribution in [2.45, 2.75) is 71.8 Å². The molecule has 0 aromatic heterocycles.